The maximum atomic E-state index is 12.1. The molecule has 1 aliphatic carbocycles. The lowest BCUT2D eigenvalue weighted by atomic mass is 10.1. The molecule has 0 aromatic heterocycles. The van der Waals surface area contributed by atoms with Crippen LogP contribution in [-0.4, -0.2) is 11.4 Å². The van der Waals surface area contributed by atoms with Gasteiger partial charge in [0.1, 0.15) is 5.03 Å². The lowest BCUT2D eigenvalue weighted by Gasteiger charge is -2.04. The topological polar surface area (TPSA) is 17.1 Å². The number of carbonyl (C=O) groups excluding carboxylic acids is 1. The highest BCUT2D eigenvalue weighted by atomic mass is 35.5. The Morgan fingerprint density at radius 3 is 2.07 bits per heavy atom. The Balaban J connectivity index is 2.83. The van der Waals surface area contributed by atoms with E-state index in [2.05, 4.69) is 0 Å². The predicted molar refractivity (Wildman–Crippen MR) is 51.6 cm³/mol. The number of hydrogen-bond donors (Lipinski definition) is 0. The fourth-order valence-corrected chi connectivity index (χ4v) is 2.23. The molecule has 0 radical (unpaired) electrons. The van der Waals surface area contributed by atoms with E-state index in [0.717, 1.165) is 6.08 Å². The van der Waals surface area contributed by atoms with Crippen molar-refractivity contribution in [2.24, 2.45) is 17.3 Å². The average Bonchev–Trinajstić information content (AvgIpc) is 2.50. The van der Waals surface area contributed by atoms with E-state index in [4.69, 9.17) is 23.2 Å². The third kappa shape index (κ3) is 2.48. The largest absolute Gasteiger partial charge is 0.426 e. The smallest absolute Gasteiger partial charge is 0.281 e. The second kappa shape index (κ2) is 3.67. The van der Waals surface area contributed by atoms with Gasteiger partial charge < -0.3 is 0 Å². The van der Waals surface area contributed by atoms with E-state index in [9.17, 15) is 18.0 Å². The summed E-state index contributed by atoms with van der Waals surface area (Å²) >= 11 is 10.3. The van der Waals surface area contributed by atoms with E-state index in [-0.39, 0.29) is 0 Å². The lowest BCUT2D eigenvalue weighted by Crippen LogP contribution is -2.07. The summed E-state index contributed by atoms with van der Waals surface area (Å²) in [7, 11) is 0. The quantitative estimate of drug-likeness (QED) is 0.692. The van der Waals surface area contributed by atoms with E-state index in [0.29, 0.717) is 0 Å². The molecule has 1 nitrogen and oxygen atoms in total. The van der Waals surface area contributed by atoms with E-state index in [1.54, 1.807) is 13.8 Å². The van der Waals surface area contributed by atoms with Gasteiger partial charge in [0.25, 0.3) is 0 Å². The predicted octanol–water partition coefficient (Wildman–Crippen LogP) is 3.71. The summed E-state index contributed by atoms with van der Waals surface area (Å²) in [5.41, 5.74) is -0.537. The molecule has 0 saturated heterocycles. The van der Waals surface area contributed by atoms with Gasteiger partial charge >= 0.3 is 6.18 Å². The van der Waals surface area contributed by atoms with Crippen LogP contribution >= 0.6 is 23.2 Å². The van der Waals surface area contributed by atoms with Crippen molar-refractivity contribution >= 4 is 28.4 Å². The maximum Gasteiger partial charge on any atom is 0.426 e. The van der Waals surface area contributed by atoms with Gasteiger partial charge in [-0.2, -0.15) is 13.2 Å². The van der Waals surface area contributed by atoms with Crippen LogP contribution in [0.15, 0.2) is 11.1 Å². The number of alkyl halides is 3. The first-order chi connectivity index (χ1) is 6.58. The summed E-state index contributed by atoms with van der Waals surface area (Å²) in [4.78, 5) is 10.9. The van der Waals surface area contributed by atoms with Crippen molar-refractivity contribution in [2.75, 3.05) is 0 Å². The third-order valence-corrected chi connectivity index (χ3v) is 3.33. The van der Waals surface area contributed by atoms with Crippen molar-refractivity contribution in [1.82, 2.24) is 0 Å². The minimum atomic E-state index is -4.56. The van der Waals surface area contributed by atoms with Crippen molar-refractivity contribution in [2.45, 2.75) is 20.0 Å². The molecule has 0 heterocycles. The Bertz CT molecular complexity index is 320. The molecule has 1 saturated carbocycles. The molecule has 0 aromatic carbocycles. The molecule has 86 valence electrons. The molecule has 1 aliphatic rings. The Labute approximate surface area is 95.2 Å². The van der Waals surface area contributed by atoms with Crippen LogP contribution in [-0.2, 0) is 4.79 Å². The van der Waals surface area contributed by atoms with Crippen LogP contribution in [0.25, 0.3) is 0 Å². The number of hydrogen-bond acceptors (Lipinski definition) is 1. The first-order valence-electron chi connectivity index (χ1n) is 4.22. The molecule has 0 aliphatic heterocycles. The van der Waals surface area contributed by atoms with Gasteiger partial charge in [-0.25, -0.2) is 0 Å². The van der Waals surface area contributed by atoms with Crippen molar-refractivity contribution in [1.29, 1.82) is 0 Å². The first kappa shape index (κ1) is 12.8. The van der Waals surface area contributed by atoms with Gasteiger partial charge in [0.05, 0.1) is 0 Å². The first-order valence-corrected chi connectivity index (χ1v) is 4.98. The third-order valence-electron chi connectivity index (χ3n) is 2.75. The van der Waals surface area contributed by atoms with Gasteiger partial charge in [-0.15, -0.1) is 0 Å². The second-order valence-corrected chi connectivity index (χ2v) is 4.92. The summed E-state index contributed by atoms with van der Waals surface area (Å²) in [6.45, 7) is 3.36. The van der Waals surface area contributed by atoms with Crippen LogP contribution in [0.4, 0.5) is 13.2 Å². The summed E-state index contributed by atoms with van der Waals surface area (Å²) in [5.74, 6) is -1.10. The molecular formula is C9H9Cl2F3O. The Hall–Kier alpha value is -0.220. The highest BCUT2D eigenvalue weighted by Crippen LogP contribution is 2.60. The fourth-order valence-electron chi connectivity index (χ4n) is 1.67. The van der Waals surface area contributed by atoms with Crippen molar-refractivity contribution < 1.29 is 18.0 Å². The molecule has 0 spiro atoms. The highest BCUT2D eigenvalue weighted by molar-refractivity contribution is 6.64. The monoisotopic (exact) mass is 260 g/mol. The fraction of sp³-hybridized carbons (Fsp3) is 0.667. The molecule has 1 unspecified atom stereocenters. The molecule has 2 atom stereocenters. The van der Waals surface area contributed by atoms with Crippen molar-refractivity contribution in [3.8, 4) is 0 Å². The number of rotatable bonds is 2. The minimum Gasteiger partial charge on any atom is -0.281 e. The molecule has 15 heavy (non-hydrogen) atoms. The van der Waals surface area contributed by atoms with Gasteiger partial charge in [0, 0.05) is 5.92 Å². The van der Waals surface area contributed by atoms with Crippen LogP contribution in [0.5, 0.6) is 0 Å². The van der Waals surface area contributed by atoms with E-state index >= 15 is 0 Å². The van der Waals surface area contributed by atoms with E-state index in [1.807, 2.05) is 0 Å². The van der Waals surface area contributed by atoms with E-state index < -0.39 is 33.7 Å². The highest BCUT2D eigenvalue weighted by Gasteiger charge is 2.60. The summed E-state index contributed by atoms with van der Waals surface area (Å²) < 4.78 is 36.3. The molecule has 0 N–H and O–H groups in total. The van der Waals surface area contributed by atoms with Gasteiger partial charge in [-0.05, 0) is 22.9 Å². The zero-order valence-electron chi connectivity index (χ0n) is 8.03. The van der Waals surface area contributed by atoms with Crippen molar-refractivity contribution in [3.05, 3.63) is 11.1 Å². The zero-order chi connectivity index (χ0) is 12.0. The number of allylic oxidation sites excluding steroid dienone is 2. The molecule has 1 rings (SSSR count). The van der Waals surface area contributed by atoms with Crippen molar-refractivity contribution in [3.63, 3.8) is 0 Å². The average molecular weight is 261 g/mol. The Morgan fingerprint density at radius 2 is 1.80 bits per heavy atom. The maximum absolute atomic E-state index is 12.1. The molecule has 0 bridgehead atoms. The Morgan fingerprint density at radius 1 is 1.33 bits per heavy atom. The van der Waals surface area contributed by atoms with Gasteiger partial charge in [0.15, 0.2) is 0 Å². The normalized spacial score (nSPS) is 30.2. The molecular weight excluding hydrogens is 252 g/mol. The van der Waals surface area contributed by atoms with Crippen LogP contribution < -0.4 is 0 Å². The van der Waals surface area contributed by atoms with Crippen LogP contribution in [0.2, 0.25) is 0 Å². The minimum absolute atomic E-state index is 0.531. The second-order valence-electron chi connectivity index (χ2n) is 4.14. The lowest BCUT2D eigenvalue weighted by molar-refractivity contribution is -0.113. The van der Waals surface area contributed by atoms with Crippen LogP contribution in [0.3, 0.4) is 0 Å². The van der Waals surface area contributed by atoms with Gasteiger partial charge in [0.2, 0.25) is 5.24 Å². The van der Waals surface area contributed by atoms with Gasteiger partial charge in [-0.1, -0.05) is 31.5 Å². The SMILES string of the molecule is CC1(C)C(/C=C(\Cl)C(F)(F)F)[C@H]1C(=O)Cl. The molecule has 6 heteroatoms. The standard InChI is InChI=1S/C9H9Cl2F3O/c1-8(2)4(6(8)7(11)15)3-5(10)9(12,13)14/h3-4,6H,1-2H3/b5-3-/t4?,6-/m0/s1. The Kier molecular flexibility index (Phi) is 3.14. The van der Waals surface area contributed by atoms with Crippen LogP contribution in [0, 0.1) is 17.3 Å². The molecule has 0 amide bonds. The summed E-state index contributed by atoms with van der Waals surface area (Å²) in [6, 6.07) is 0. The summed E-state index contributed by atoms with van der Waals surface area (Å²) in [5, 5.41) is -1.81. The number of carbonyl (C=O) groups is 1. The summed E-state index contributed by atoms with van der Waals surface area (Å²) in [6.07, 6.45) is -3.69. The van der Waals surface area contributed by atoms with E-state index in [1.165, 1.54) is 0 Å². The molecule has 1 fully saturated rings. The van der Waals surface area contributed by atoms with Crippen LogP contribution in [0.1, 0.15) is 13.8 Å². The van der Waals surface area contributed by atoms with Gasteiger partial charge in [-0.3, -0.25) is 4.79 Å². The zero-order valence-corrected chi connectivity index (χ0v) is 9.54. The molecule has 0 aromatic rings. The number of halogens is 5.